The molecule has 1 fully saturated rings. The number of hydrogen-bond donors (Lipinski definition) is 2. The Balaban J connectivity index is 1.45. The zero-order valence-corrected chi connectivity index (χ0v) is 18.8. The van der Waals surface area contributed by atoms with Gasteiger partial charge in [0.1, 0.15) is 10.9 Å². The lowest BCUT2D eigenvalue weighted by Crippen LogP contribution is -2.25. The van der Waals surface area contributed by atoms with E-state index in [9.17, 15) is 18.4 Å². The predicted molar refractivity (Wildman–Crippen MR) is 119 cm³/mol. The Bertz CT molecular complexity index is 1510. The number of H-pyrrole nitrogens is 1. The smallest absolute Gasteiger partial charge is 0.394 e. The van der Waals surface area contributed by atoms with E-state index in [4.69, 9.17) is 17.3 Å². The highest BCUT2D eigenvalue weighted by molar-refractivity contribution is 7.99. The van der Waals surface area contributed by atoms with Crippen LogP contribution in [0, 0.1) is 17.0 Å². The number of rotatable bonds is 4. The molecule has 3 atom stereocenters. The molecule has 13 heteroatoms. The second-order valence-electron chi connectivity index (χ2n) is 8.39. The molecule has 5 heterocycles. The maximum Gasteiger partial charge on any atom is 0.394 e. The van der Waals surface area contributed by atoms with E-state index < -0.39 is 12.6 Å². The molecule has 6 rings (SSSR count). The fourth-order valence-corrected chi connectivity index (χ4v) is 5.43. The van der Waals surface area contributed by atoms with Crippen LogP contribution in [0.4, 0.5) is 19.0 Å². The van der Waals surface area contributed by atoms with E-state index in [1.54, 1.807) is 24.4 Å². The minimum Gasteiger partial charge on any atom is -0.618 e. The van der Waals surface area contributed by atoms with Gasteiger partial charge in [0.15, 0.2) is 11.8 Å². The van der Waals surface area contributed by atoms with E-state index in [1.807, 2.05) is 10.8 Å². The number of alkyl halides is 3. The molecule has 0 radical (unpaired) electrons. The van der Waals surface area contributed by atoms with Crippen molar-refractivity contribution in [2.75, 3.05) is 6.54 Å². The first-order chi connectivity index (χ1) is 16.2. The fraction of sp³-hybridized carbons (Fsp3) is 0.286. The van der Waals surface area contributed by atoms with Gasteiger partial charge in [-0.05, 0) is 22.8 Å². The molecule has 1 saturated carbocycles. The number of nitrogens with zero attached hydrogens (tertiary/aromatic N) is 5. The van der Waals surface area contributed by atoms with E-state index in [0.717, 1.165) is 11.8 Å². The van der Waals surface area contributed by atoms with Crippen molar-refractivity contribution in [2.24, 2.45) is 17.6 Å². The van der Waals surface area contributed by atoms with Crippen molar-refractivity contribution in [1.29, 1.82) is 0 Å². The summed E-state index contributed by atoms with van der Waals surface area (Å²) >= 11 is 7.54. The van der Waals surface area contributed by atoms with Crippen LogP contribution in [0.2, 0.25) is 5.02 Å². The molecular formula is C21H16ClF3N7OS+. The van der Waals surface area contributed by atoms with Crippen LogP contribution in [-0.2, 0) is 6.42 Å². The van der Waals surface area contributed by atoms with Crippen LogP contribution in [0.3, 0.4) is 0 Å². The van der Waals surface area contributed by atoms with Crippen LogP contribution in [0.1, 0.15) is 5.69 Å². The molecule has 1 aliphatic carbocycles. The van der Waals surface area contributed by atoms with Crippen molar-refractivity contribution in [3.8, 4) is 0 Å². The second-order valence-corrected chi connectivity index (χ2v) is 9.81. The van der Waals surface area contributed by atoms with Gasteiger partial charge in [-0.1, -0.05) is 11.6 Å². The van der Waals surface area contributed by atoms with Crippen molar-refractivity contribution in [2.45, 2.75) is 28.7 Å². The molecule has 0 aromatic carbocycles. The Morgan fingerprint density at radius 3 is 2.88 bits per heavy atom. The molecule has 2 aliphatic rings. The first kappa shape index (κ1) is 21.6. The number of aromatic nitrogens is 5. The van der Waals surface area contributed by atoms with Gasteiger partial charge in [-0.25, -0.2) is 9.56 Å². The SMILES string of the molecule is NC1C2C=[N+](c3nc(Sc4cnc5ccc[n+]([O-])c5c4)nc4[nH]c(CC(F)(F)F)c(Cl)c34)CC12. The van der Waals surface area contributed by atoms with Gasteiger partial charge in [0.05, 0.1) is 24.2 Å². The van der Waals surface area contributed by atoms with Crippen LogP contribution in [-0.4, -0.2) is 49.5 Å². The maximum absolute atomic E-state index is 13.1. The standard InChI is InChI=1S/C21H16ClF3N7OS/c22-16-13(5-21(23,24)25)28-18-15(16)19(31-7-10-11(8-31)17(10)26)30-20(29-18)34-9-4-14-12(27-6-9)2-1-3-32(14)33/h1-4,6-7,10-11,17H,5,8,26H2,(H,28,29,30)/q+1. The van der Waals surface area contributed by atoms with E-state index >= 15 is 0 Å². The summed E-state index contributed by atoms with van der Waals surface area (Å²) in [5.74, 6) is 0.922. The minimum absolute atomic E-state index is 0.0445. The van der Waals surface area contributed by atoms with Gasteiger partial charge in [0.2, 0.25) is 5.52 Å². The van der Waals surface area contributed by atoms with E-state index in [0.29, 0.717) is 38.4 Å². The monoisotopic (exact) mass is 506 g/mol. The quantitative estimate of drug-likeness (QED) is 0.249. The Kier molecular flexibility index (Phi) is 4.77. The second kappa shape index (κ2) is 7.52. The Labute approximate surface area is 199 Å². The summed E-state index contributed by atoms with van der Waals surface area (Å²) < 4.78 is 41.9. The van der Waals surface area contributed by atoms with Crippen molar-refractivity contribution >= 4 is 57.5 Å². The van der Waals surface area contributed by atoms with E-state index in [1.165, 1.54) is 6.20 Å². The number of fused-ring (bicyclic) bond motifs is 3. The highest BCUT2D eigenvalue weighted by Crippen LogP contribution is 2.44. The van der Waals surface area contributed by atoms with Crippen LogP contribution >= 0.6 is 23.4 Å². The number of aromatic amines is 1. The first-order valence-corrected chi connectivity index (χ1v) is 11.6. The lowest BCUT2D eigenvalue weighted by Gasteiger charge is -2.05. The number of nitrogens with one attached hydrogen (secondary N) is 1. The van der Waals surface area contributed by atoms with Gasteiger partial charge < -0.3 is 15.9 Å². The van der Waals surface area contributed by atoms with Crippen LogP contribution in [0.5, 0.6) is 0 Å². The summed E-state index contributed by atoms with van der Waals surface area (Å²) in [6.45, 7) is 0.603. The van der Waals surface area contributed by atoms with Gasteiger partial charge in [0.25, 0.3) is 0 Å². The normalized spacial score (nSPS) is 21.8. The number of nitrogens with two attached hydrogens (primary N) is 1. The number of pyridine rings is 2. The Morgan fingerprint density at radius 2 is 2.15 bits per heavy atom. The summed E-state index contributed by atoms with van der Waals surface area (Å²) in [6.07, 6.45) is -0.721. The summed E-state index contributed by atoms with van der Waals surface area (Å²) in [5, 5.41) is 12.7. The van der Waals surface area contributed by atoms with Crippen molar-refractivity contribution in [3.63, 3.8) is 0 Å². The van der Waals surface area contributed by atoms with Crippen molar-refractivity contribution in [3.05, 3.63) is 46.5 Å². The van der Waals surface area contributed by atoms with Crippen LogP contribution < -0.4 is 10.5 Å². The highest BCUT2D eigenvalue weighted by Gasteiger charge is 2.54. The minimum atomic E-state index is -4.44. The molecule has 8 nitrogen and oxygen atoms in total. The van der Waals surface area contributed by atoms with E-state index in [2.05, 4.69) is 19.9 Å². The van der Waals surface area contributed by atoms with Gasteiger partial charge >= 0.3 is 17.2 Å². The van der Waals surface area contributed by atoms with Gasteiger partial charge in [-0.15, -0.1) is 0 Å². The third kappa shape index (κ3) is 3.65. The summed E-state index contributed by atoms with van der Waals surface area (Å²) in [4.78, 5) is 16.7. The summed E-state index contributed by atoms with van der Waals surface area (Å²) in [7, 11) is 0. The predicted octanol–water partition coefficient (Wildman–Crippen LogP) is 3.35. The van der Waals surface area contributed by atoms with E-state index in [-0.39, 0.29) is 39.4 Å². The molecule has 174 valence electrons. The largest absolute Gasteiger partial charge is 0.618 e. The Hall–Kier alpha value is -2.96. The molecule has 3 N–H and O–H groups in total. The Morgan fingerprint density at radius 1 is 1.32 bits per heavy atom. The first-order valence-electron chi connectivity index (χ1n) is 10.4. The topological polar surface area (TPSA) is 110 Å². The maximum atomic E-state index is 13.1. The molecule has 34 heavy (non-hydrogen) atoms. The molecule has 0 saturated heterocycles. The molecule has 4 aromatic heterocycles. The molecule has 0 amide bonds. The zero-order chi connectivity index (χ0) is 23.8. The van der Waals surface area contributed by atoms with Crippen LogP contribution in [0.25, 0.3) is 22.1 Å². The molecule has 0 bridgehead atoms. The third-order valence-electron chi connectivity index (χ3n) is 6.12. The average Bonchev–Trinajstić information content (AvgIpc) is 3.10. The summed E-state index contributed by atoms with van der Waals surface area (Å²) in [6, 6.07) is 5.09. The number of hydrogen-bond acceptors (Lipinski definition) is 6. The lowest BCUT2D eigenvalue weighted by molar-refractivity contribution is -0.577. The van der Waals surface area contributed by atoms with Crippen LogP contribution in [0.15, 0.2) is 40.6 Å². The van der Waals surface area contributed by atoms with Gasteiger partial charge in [-0.3, -0.25) is 0 Å². The zero-order valence-electron chi connectivity index (χ0n) is 17.3. The van der Waals surface area contributed by atoms with Crippen molar-refractivity contribution in [1.82, 2.24) is 19.9 Å². The third-order valence-corrected chi connectivity index (χ3v) is 7.36. The lowest BCUT2D eigenvalue weighted by atomic mass is 10.2. The summed E-state index contributed by atoms with van der Waals surface area (Å²) in [5.41, 5.74) is 6.99. The molecule has 4 aromatic rings. The molecule has 3 unspecified atom stereocenters. The average molecular weight is 507 g/mol. The molecular weight excluding hydrogens is 491 g/mol. The van der Waals surface area contributed by atoms with Crippen molar-refractivity contribution < 1.29 is 22.5 Å². The van der Waals surface area contributed by atoms with Gasteiger partial charge in [-0.2, -0.15) is 22.9 Å². The number of halogens is 4. The van der Waals surface area contributed by atoms with Gasteiger partial charge in [0, 0.05) is 46.8 Å². The molecule has 1 aliphatic heterocycles. The molecule has 0 spiro atoms. The highest BCUT2D eigenvalue weighted by atomic mass is 35.5. The fourth-order valence-electron chi connectivity index (χ4n) is 4.38.